The molecule has 44 valence electrons. The maximum absolute atomic E-state index is 5.38. The first-order valence-electron chi connectivity index (χ1n) is 1.85. The smallest absolute Gasteiger partial charge is 0.147 e. The number of halogens is 2. The molecule has 5 heteroatoms. The van der Waals surface area contributed by atoms with Crippen LogP contribution < -0.4 is 5.53 Å². The fraction of sp³-hybridized carbons (Fsp3) is 0. The molecule has 1 rings (SSSR count). The minimum Gasteiger partial charge on any atom is -0.570 e. The number of hydrogen-bond acceptors (Lipinski definition) is 2. The van der Waals surface area contributed by atoms with E-state index in [4.69, 9.17) is 23.2 Å². The first kappa shape index (κ1) is 5.72. The highest BCUT2D eigenvalue weighted by atomic mass is 35.5. The fourth-order valence-electron chi connectivity index (χ4n) is 0.283. The Labute approximate surface area is 56.3 Å². The lowest BCUT2D eigenvalue weighted by atomic mass is 10.6. The van der Waals surface area contributed by atoms with Gasteiger partial charge in [-0.15, -0.1) is 11.6 Å². The number of allylic oxidation sites excluding steroid dienone is 1. The molecular weight excluding hydrogens is 149 g/mol. The van der Waals surface area contributed by atoms with Crippen LogP contribution in [0.2, 0.25) is 0 Å². The standard InChI is InChI=1S/C3H2Cl2N3/c4-2-1-3(5)7-8-6-2/h1,8H/q-1. The summed E-state index contributed by atoms with van der Waals surface area (Å²) < 4.78 is 0. The zero-order valence-corrected chi connectivity index (χ0v) is 5.24. The molecule has 1 aliphatic rings. The Morgan fingerprint density at radius 1 is 1.62 bits per heavy atom. The molecule has 1 N–H and O–H groups in total. The topological polar surface area (TPSA) is 38.5 Å². The van der Waals surface area contributed by atoms with Gasteiger partial charge in [-0.2, -0.15) is 5.10 Å². The third kappa shape index (κ3) is 1.28. The van der Waals surface area contributed by atoms with Gasteiger partial charge in [0.25, 0.3) is 0 Å². The molecule has 0 aliphatic carbocycles. The summed E-state index contributed by atoms with van der Waals surface area (Å²) in [4.78, 5) is 0. The summed E-state index contributed by atoms with van der Waals surface area (Å²) in [6, 6.07) is 0. The van der Waals surface area contributed by atoms with Crippen molar-refractivity contribution in [3.63, 3.8) is 0 Å². The highest BCUT2D eigenvalue weighted by Gasteiger charge is 1.88. The summed E-state index contributed by atoms with van der Waals surface area (Å²) in [5, 5.41) is 4.11. The molecule has 0 bridgehead atoms. The van der Waals surface area contributed by atoms with E-state index in [0.717, 1.165) is 0 Å². The number of hydrazone groups is 1. The Hall–Kier alpha value is -0.410. The van der Waals surface area contributed by atoms with Crippen molar-refractivity contribution in [2.24, 2.45) is 5.10 Å². The lowest BCUT2D eigenvalue weighted by Crippen LogP contribution is -2.04. The van der Waals surface area contributed by atoms with Crippen molar-refractivity contribution in [2.45, 2.75) is 0 Å². The first-order valence-corrected chi connectivity index (χ1v) is 2.61. The molecule has 0 aromatic carbocycles. The Morgan fingerprint density at radius 3 is 2.75 bits per heavy atom. The molecule has 8 heavy (non-hydrogen) atoms. The minimum atomic E-state index is 0.310. The largest absolute Gasteiger partial charge is 0.570 e. The number of rotatable bonds is 0. The van der Waals surface area contributed by atoms with Gasteiger partial charge in [0.2, 0.25) is 0 Å². The number of hydrogen-bond donors (Lipinski definition) is 1. The van der Waals surface area contributed by atoms with E-state index < -0.39 is 0 Å². The van der Waals surface area contributed by atoms with E-state index in [9.17, 15) is 0 Å². The van der Waals surface area contributed by atoms with Crippen LogP contribution in [-0.2, 0) is 0 Å². The van der Waals surface area contributed by atoms with Gasteiger partial charge in [0, 0.05) is 0 Å². The maximum Gasteiger partial charge on any atom is 0.147 e. The lowest BCUT2D eigenvalue weighted by Gasteiger charge is -2.22. The molecule has 3 nitrogen and oxygen atoms in total. The van der Waals surface area contributed by atoms with Gasteiger partial charge in [-0.05, 0) is 6.08 Å². The van der Waals surface area contributed by atoms with E-state index in [2.05, 4.69) is 16.1 Å². The molecule has 1 heterocycles. The van der Waals surface area contributed by atoms with Crippen molar-refractivity contribution >= 4 is 28.4 Å². The molecule has 0 spiro atoms. The van der Waals surface area contributed by atoms with E-state index in [1.54, 1.807) is 0 Å². The van der Waals surface area contributed by atoms with Crippen LogP contribution in [0.3, 0.4) is 0 Å². The Morgan fingerprint density at radius 2 is 2.38 bits per heavy atom. The van der Waals surface area contributed by atoms with Gasteiger partial charge in [-0.1, -0.05) is 16.8 Å². The predicted molar refractivity (Wildman–Crippen MR) is 33.7 cm³/mol. The summed E-state index contributed by atoms with van der Waals surface area (Å²) in [5.41, 5.74) is 5.75. The van der Waals surface area contributed by atoms with Crippen LogP contribution in [0.15, 0.2) is 16.3 Å². The minimum absolute atomic E-state index is 0.310. The highest BCUT2D eigenvalue weighted by Crippen LogP contribution is 2.11. The molecule has 0 amide bonds. The van der Waals surface area contributed by atoms with Crippen LogP contribution in [0.25, 0.3) is 5.43 Å². The molecule has 0 unspecified atom stereocenters. The van der Waals surface area contributed by atoms with Crippen LogP contribution >= 0.6 is 23.2 Å². The second-order valence-electron chi connectivity index (χ2n) is 1.11. The van der Waals surface area contributed by atoms with E-state index in [0.29, 0.717) is 10.3 Å². The van der Waals surface area contributed by atoms with Crippen molar-refractivity contribution in [1.29, 1.82) is 0 Å². The van der Waals surface area contributed by atoms with Gasteiger partial charge in [0.1, 0.15) is 5.17 Å². The van der Waals surface area contributed by atoms with Gasteiger partial charge in [0.15, 0.2) is 0 Å². The molecule has 1 aliphatic heterocycles. The summed E-state index contributed by atoms with van der Waals surface area (Å²) in [7, 11) is 0. The third-order valence-corrected chi connectivity index (χ3v) is 0.939. The van der Waals surface area contributed by atoms with Crippen molar-refractivity contribution in [3.05, 3.63) is 16.7 Å². The van der Waals surface area contributed by atoms with E-state index in [1.165, 1.54) is 6.08 Å². The monoisotopic (exact) mass is 150 g/mol. The van der Waals surface area contributed by atoms with Crippen molar-refractivity contribution in [2.75, 3.05) is 0 Å². The summed E-state index contributed by atoms with van der Waals surface area (Å²) in [5.74, 6) is 0. The Kier molecular flexibility index (Phi) is 1.60. The van der Waals surface area contributed by atoms with Crippen LogP contribution in [-0.4, -0.2) is 5.17 Å². The van der Waals surface area contributed by atoms with Crippen LogP contribution in [0.5, 0.6) is 0 Å². The average Bonchev–Trinajstić information content (AvgIpc) is 1.64. The van der Waals surface area contributed by atoms with Crippen LogP contribution in [0.1, 0.15) is 0 Å². The molecule has 0 atom stereocenters. The lowest BCUT2D eigenvalue weighted by molar-refractivity contribution is 0.918. The fourth-order valence-corrected chi connectivity index (χ4v) is 0.622. The molecule has 0 fully saturated rings. The van der Waals surface area contributed by atoms with Gasteiger partial charge in [0.05, 0.1) is 0 Å². The average molecular weight is 151 g/mol. The van der Waals surface area contributed by atoms with Gasteiger partial charge >= 0.3 is 0 Å². The molecule has 0 radical (unpaired) electrons. The summed E-state index contributed by atoms with van der Waals surface area (Å²) in [6.07, 6.45) is 1.44. The molecule has 0 saturated carbocycles. The van der Waals surface area contributed by atoms with E-state index in [1.807, 2.05) is 0 Å². The van der Waals surface area contributed by atoms with E-state index in [-0.39, 0.29) is 0 Å². The normalized spacial score (nSPS) is 17.8. The third-order valence-electron chi connectivity index (χ3n) is 0.552. The van der Waals surface area contributed by atoms with Crippen molar-refractivity contribution in [3.8, 4) is 0 Å². The molecular formula is C3H2Cl2N3-. The first-order chi connectivity index (χ1) is 3.79. The maximum atomic E-state index is 5.38. The Balaban J connectivity index is 2.69. The van der Waals surface area contributed by atoms with Gasteiger partial charge < -0.3 is 11.0 Å². The molecule has 0 aromatic rings. The highest BCUT2D eigenvalue weighted by molar-refractivity contribution is 6.69. The second-order valence-corrected chi connectivity index (χ2v) is 1.89. The number of nitrogens with one attached hydrogen (secondary N) is 1. The van der Waals surface area contributed by atoms with Gasteiger partial charge in [-0.25, -0.2) is 0 Å². The van der Waals surface area contributed by atoms with Crippen LogP contribution in [0.4, 0.5) is 0 Å². The van der Waals surface area contributed by atoms with E-state index >= 15 is 0 Å². The van der Waals surface area contributed by atoms with Crippen molar-refractivity contribution < 1.29 is 0 Å². The number of nitrogens with zero attached hydrogens (tertiary/aromatic N) is 2. The van der Waals surface area contributed by atoms with Crippen molar-refractivity contribution in [1.82, 2.24) is 5.53 Å². The van der Waals surface area contributed by atoms with Crippen LogP contribution in [0, 0.1) is 0 Å². The zero-order chi connectivity index (χ0) is 5.98. The Bertz CT molecular complexity index is 151. The quantitative estimate of drug-likeness (QED) is 0.523. The summed E-state index contributed by atoms with van der Waals surface area (Å²) >= 11 is 10.8. The molecule has 0 saturated heterocycles. The predicted octanol–water partition coefficient (Wildman–Crippen LogP) is 1.51. The second kappa shape index (κ2) is 2.24. The SMILES string of the molecule is ClC1=CC(Cl)=NN[N-]1. The zero-order valence-electron chi connectivity index (χ0n) is 3.73. The summed E-state index contributed by atoms with van der Waals surface area (Å²) in [6.45, 7) is 0. The van der Waals surface area contributed by atoms with Gasteiger partial charge in [-0.3, -0.25) is 0 Å². The molecule has 0 aromatic heterocycles.